The van der Waals surface area contributed by atoms with E-state index in [-0.39, 0.29) is 11.3 Å². The summed E-state index contributed by atoms with van der Waals surface area (Å²) in [5, 5.41) is 9.32. The van der Waals surface area contributed by atoms with Gasteiger partial charge in [-0.3, -0.25) is 9.59 Å². The van der Waals surface area contributed by atoms with Crippen molar-refractivity contribution < 1.29 is 19.5 Å². The summed E-state index contributed by atoms with van der Waals surface area (Å²) in [7, 11) is 0. The highest BCUT2D eigenvalue weighted by atomic mass is 16.4. The number of nitrogens with zero attached hydrogens (tertiary/aromatic N) is 1. The molecule has 1 aromatic carbocycles. The number of aryl methyl sites for hydroxylation is 1. The van der Waals surface area contributed by atoms with Crippen LogP contribution in [-0.2, 0) is 11.3 Å². The first-order chi connectivity index (χ1) is 8.59. The smallest absolute Gasteiger partial charge is 0.377 e. The fraction of sp³-hybridized carbons (Fsp3) is 0.154. The number of carboxylic acid groups (broad SMARTS) is 1. The number of benzene rings is 1. The number of hydrogen-bond donors (Lipinski definition) is 1. The number of para-hydroxylation sites is 1. The number of carboxylic acids is 1. The minimum atomic E-state index is -1.48. The molecular weight excluding hydrogens is 234 g/mol. The minimum absolute atomic E-state index is 0.0283. The highest BCUT2D eigenvalue weighted by Gasteiger charge is 2.25. The zero-order valence-corrected chi connectivity index (χ0v) is 9.34. The van der Waals surface area contributed by atoms with Crippen LogP contribution >= 0.6 is 0 Å². The van der Waals surface area contributed by atoms with E-state index in [4.69, 9.17) is 5.11 Å². The predicted molar refractivity (Wildman–Crippen MR) is 62.9 cm³/mol. The van der Waals surface area contributed by atoms with E-state index < -0.39 is 11.8 Å². The molecule has 1 aromatic heterocycles. The summed E-state index contributed by atoms with van der Waals surface area (Å²) in [6, 6.07) is 5.04. The van der Waals surface area contributed by atoms with Gasteiger partial charge in [0.15, 0.2) is 5.78 Å². The van der Waals surface area contributed by atoms with Crippen LogP contribution in [0, 0.1) is 0 Å². The second kappa shape index (κ2) is 3.53. The lowest BCUT2D eigenvalue weighted by Gasteiger charge is -2.13. The average molecular weight is 243 g/mol. The van der Waals surface area contributed by atoms with Crippen molar-refractivity contribution >= 4 is 28.4 Å². The number of ketones is 2. The first kappa shape index (κ1) is 10.7. The number of rotatable bonds is 2. The molecule has 0 spiro atoms. The van der Waals surface area contributed by atoms with E-state index >= 15 is 0 Å². The molecule has 0 saturated carbocycles. The number of carbonyl (C=O) groups excluding carboxylic acids is 2. The Labute approximate surface area is 102 Å². The Kier molecular flexibility index (Phi) is 2.10. The normalized spacial score (nSPS) is 13.9. The van der Waals surface area contributed by atoms with Gasteiger partial charge in [-0.2, -0.15) is 0 Å². The van der Waals surface area contributed by atoms with Gasteiger partial charge in [0.05, 0.1) is 11.1 Å². The van der Waals surface area contributed by atoms with Crippen molar-refractivity contribution in [3.05, 3.63) is 35.5 Å². The van der Waals surface area contributed by atoms with Gasteiger partial charge in [0.25, 0.3) is 5.78 Å². The molecule has 0 bridgehead atoms. The summed E-state index contributed by atoms with van der Waals surface area (Å²) in [4.78, 5) is 34.2. The Morgan fingerprint density at radius 2 is 2.06 bits per heavy atom. The second-order valence-electron chi connectivity index (χ2n) is 4.25. The largest absolute Gasteiger partial charge is 0.475 e. The summed E-state index contributed by atoms with van der Waals surface area (Å²) >= 11 is 0. The fourth-order valence-electron chi connectivity index (χ4n) is 2.41. The van der Waals surface area contributed by atoms with Crippen LogP contribution in [0.15, 0.2) is 24.4 Å². The Balaban J connectivity index is 2.36. The van der Waals surface area contributed by atoms with Gasteiger partial charge in [-0.05, 0) is 6.07 Å². The van der Waals surface area contributed by atoms with Gasteiger partial charge < -0.3 is 9.67 Å². The van der Waals surface area contributed by atoms with Crippen molar-refractivity contribution in [2.24, 2.45) is 0 Å². The van der Waals surface area contributed by atoms with Crippen LogP contribution < -0.4 is 0 Å². The molecular formula is C13H9NO4. The van der Waals surface area contributed by atoms with E-state index in [1.807, 2.05) is 0 Å². The molecule has 1 N–H and O–H groups in total. The molecule has 0 saturated heterocycles. The van der Waals surface area contributed by atoms with Gasteiger partial charge in [-0.25, -0.2) is 4.79 Å². The van der Waals surface area contributed by atoms with Crippen LogP contribution in [-0.4, -0.2) is 27.2 Å². The fourth-order valence-corrected chi connectivity index (χ4v) is 2.41. The van der Waals surface area contributed by atoms with Crippen molar-refractivity contribution in [2.45, 2.75) is 13.0 Å². The van der Waals surface area contributed by atoms with Crippen molar-refractivity contribution in [3.8, 4) is 0 Å². The molecule has 1 aliphatic rings. The maximum atomic E-state index is 11.8. The van der Waals surface area contributed by atoms with E-state index in [1.54, 1.807) is 22.8 Å². The van der Waals surface area contributed by atoms with Crippen LogP contribution in [0.3, 0.4) is 0 Å². The van der Waals surface area contributed by atoms with Crippen molar-refractivity contribution in [1.29, 1.82) is 0 Å². The molecule has 2 heterocycles. The Morgan fingerprint density at radius 3 is 2.78 bits per heavy atom. The molecule has 18 heavy (non-hydrogen) atoms. The van der Waals surface area contributed by atoms with Crippen molar-refractivity contribution in [1.82, 2.24) is 4.57 Å². The molecule has 0 radical (unpaired) electrons. The molecule has 2 aromatic rings. The summed E-state index contributed by atoms with van der Waals surface area (Å²) in [5.74, 6) is -2.39. The summed E-state index contributed by atoms with van der Waals surface area (Å²) in [5.41, 5.74) is 1.37. The number of aromatic nitrogens is 1. The first-order valence-corrected chi connectivity index (χ1v) is 5.52. The quantitative estimate of drug-likeness (QED) is 0.640. The topological polar surface area (TPSA) is 76.4 Å². The van der Waals surface area contributed by atoms with E-state index in [2.05, 4.69) is 0 Å². The van der Waals surface area contributed by atoms with Crippen LogP contribution in [0.2, 0.25) is 0 Å². The molecule has 5 nitrogen and oxygen atoms in total. The standard InChI is InChI=1S/C13H9NO4/c15-10-4-5-14-6-9(12(16)13(17)18)7-2-1-3-8(10)11(7)14/h1-3,6H,4-5H2,(H,17,18). The summed E-state index contributed by atoms with van der Waals surface area (Å²) < 4.78 is 1.78. The lowest BCUT2D eigenvalue weighted by Crippen LogP contribution is -2.13. The number of hydrogen-bond acceptors (Lipinski definition) is 3. The van der Waals surface area contributed by atoms with Gasteiger partial charge in [-0.15, -0.1) is 0 Å². The third-order valence-electron chi connectivity index (χ3n) is 3.22. The zero-order valence-electron chi connectivity index (χ0n) is 9.34. The number of Topliss-reactive ketones (excluding diaryl/α,β-unsaturated/α-hetero) is 2. The Hall–Kier alpha value is -2.43. The summed E-state index contributed by atoms with van der Waals surface area (Å²) in [6.07, 6.45) is 1.90. The highest BCUT2D eigenvalue weighted by molar-refractivity contribution is 6.42. The summed E-state index contributed by atoms with van der Waals surface area (Å²) in [6.45, 7) is 0.485. The molecule has 0 aliphatic carbocycles. The van der Waals surface area contributed by atoms with Crippen LogP contribution in [0.1, 0.15) is 27.1 Å². The maximum Gasteiger partial charge on any atom is 0.377 e. The van der Waals surface area contributed by atoms with Crippen molar-refractivity contribution in [3.63, 3.8) is 0 Å². The van der Waals surface area contributed by atoms with Gasteiger partial charge in [0.2, 0.25) is 0 Å². The first-order valence-electron chi connectivity index (χ1n) is 5.52. The minimum Gasteiger partial charge on any atom is -0.475 e. The molecule has 0 amide bonds. The van der Waals surface area contributed by atoms with E-state index in [9.17, 15) is 14.4 Å². The SMILES string of the molecule is O=C(O)C(=O)c1cn2c3c(cccc13)C(=O)CC2. The van der Waals surface area contributed by atoms with Crippen LogP contribution in [0.5, 0.6) is 0 Å². The molecule has 5 heteroatoms. The molecule has 90 valence electrons. The third kappa shape index (κ3) is 1.30. The second-order valence-corrected chi connectivity index (χ2v) is 4.25. The van der Waals surface area contributed by atoms with Crippen LogP contribution in [0.25, 0.3) is 10.9 Å². The lowest BCUT2D eigenvalue weighted by molar-refractivity contribution is -0.131. The predicted octanol–water partition coefficient (Wildman–Crippen LogP) is 1.50. The third-order valence-corrected chi connectivity index (χ3v) is 3.22. The van der Waals surface area contributed by atoms with Gasteiger partial charge >= 0.3 is 5.97 Å². The van der Waals surface area contributed by atoms with E-state index in [0.29, 0.717) is 29.4 Å². The average Bonchev–Trinajstić information content (AvgIpc) is 2.73. The highest BCUT2D eigenvalue weighted by Crippen LogP contribution is 2.29. The van der Waals surface area contributed by atoms with Gasteiger partial charge in [-0.1, -0.05) is 12.1 Å². The molecule has 3 rings (SSSR count). The van der Waals surface area contributed by atoms with Crippen LogP contribution in [0.4, 0.5) is 0 Å². The number of carbonyl (C=O) groups is 3. The van der Waals surface area contributed by atoms with Gasteiger partial charge in [0.1, 0.15) is 0 Å². The monoisotopic (exact) mass is 243 g/mol. The number of aliphatic carboxylic acids is 1. The van der Waals surface area contributed by atoms with Crippen molar-refractivity contribution in [2.75, 3.05) is 0 Å². The van der Waals surface area contributed by atoms with Gasteiger partial charge in [0, 0.05) is 30.1 Å². The molecule has 0 unspecified atom stereocenters. The van der Waals surface area contributed by atoms with E-state index in [0.717, 1.165) is 0 Å². The lowest BCUT2D eigenvalue weighted by atomic mass is 10.0. The Bertz CT molecular complexity index is 711. The maximum absolute atomic E-state index is 11.8. The molecule has 0 fully saturated rings. The Morgan fingerprint density at radius 1 is 1.28 bits per heavy atom. The zero-order chi connectivity index (χ0) is 12.9. The molecule has 0 atom stereocenters. The van der Waals surface area contributed by atoms with E-state index in [1.165, 1.54) is 6.20 Å². The molecule has 1 aliphatic heterocycles.